The van der Waals surface area contributed by atoms with Crippen molar-refractivity contribution in [1.82, 2.24) is 4.98 Å². The summed E-state index contributed by atoms with van der Waals surface area (Å²) in [7, 11) is 0. The average molecular weight is 321 g/mol. The largest absolute Gasteiger partial charge is 0.481 e. The van der Waals surface area contributed by atoms with Crippen LogP contribution in [-0.4, -0.2) is 34.4 Å². The first-order valence-electron chi connectivity index (χ1n) is 6.62. The molecule has 1 aliphatic rings. The molecule has 2 rings (SSSR count). The molecule has 0 aliphatic carbocycles. The van der Waals surface area contributed by atoms with E-state index in [1.165, 1.54) is 13.0 Å². The molecule has 0 saturated carbocycles. The standard InChI is InChI=1S/C14H15F4NO3/c1-7-10(15)3-4-11(19-7)8-5-13(2,14(16,17)18)22-6-9(8)12(20)21/h3-4,8-9H,5-6H2,1-2H3,(H,20,21). The molecule has 122 valence electrons. The molecule has 1 fully saturated rings. The molecule has 1 aromatic rings. The third-order valence-corrected chi connectivity index (χ3v) is 4.02. The summed E-state index contributed by atoms with van der Waals surface area (Å²) in [5.74, 6) is -4.02. The zero-order valence-corrected chi connectivity index (χ0v) is 11.9. The molecule has 2 heterocycles. The lowest BCUT2D eigenvalue weighted by molar-refractivity contribution is -0.290. The molecule has 0 radical (unpaired) electrons. The Hall–Kier alpha value is -1.70. The van der Waals surface area contributed by atoms with Gasteiger partial charge in [0.05, 0.1) is 18.2 Å². The molecule has 3 atom stereocenters. The highest BCUT2D eigenvalue weighted by molar-refractivity contribution is 5.71. The summed E-state index contributed by atoms with van der Waals surface area (Å²) < 4.78 is 57.5. The summed E-state index contributed by atoms with van der Waals surface area (Å²) in [6.07, 6.45) is -5.21. The fourth-order valence-corrected chi connectivity index (χ4v) is 2.53. The lowest BCUT2D eigenvalue weighted by Crippen LogP contribution is -2.52. The monoisotopic (exact) mass is 321 g/mol. The van der Waals surface area contributed by atoms with Crippen molar-refractivity contribution in [1.29, 1.82) is 0 Å². The first-order chi connectivity index (χ1) is 10.0. The Kier molecular flexibility index (Phi) is 4.16. The van der Waals surface area contributed by atoms with Crippen LogP contribution in [0.25, 0.3) is 0 Å². The Morgan fingerprint density at radius 2 is 2.09 bits per heavy atom. The van der Waals surface area contributed by atoms with Gasteiger partial charge in [0.15, 0.2) is 5.60 Å². The maximum absolute atomic E-state index is 13.3. The Morgan fingerprint density at radius 1 is 1.45 bits per heavy atom. The number of hydrogen-bond acceptors (Lipinski definition) is 3. The normalized spacial score (nSPS) is 29.4. The first-order valence-corrected chi connectivity index (χ1v) is 6.62. The molecule has 1 aromatic heterocycles. The van der Waals surface area contributed by atoms with Gasteiger partial charge in [0, 0.05) is 11.6 Å². The summed E-state index contributed by atoms with van der Waals surface area (Å²) in [5, 5.41) is 9.20. The van der Waals surface area contributed by atoms with Gasteiger partial charge in [-0.3, -0.25) is 9.78 Å². The van der Waals surface area contributed by atoms with Gasteiger partial charge in [-0.2, -0.15) is 13.2 Å². The number of aromatic nitrogens is 1. The summed E-state index contributed by atoms with van der Waals surface area (Å²) in [6.45, 7) is 1.68. The van der Waals surface area contributed by atoms with Gasteiger partial charge in [-0.1, -0.05) is 0 Å². The van der Waals surface area contributed by atoms with E-state index in [2.05, 4.69) is 4.98 Å². The second-order valence-corrected chi connectivity index (χ2v) is 5.60. The number of nitrogens with zero attached hydrogens (tertiary/aromatic N) is 1. The molecule has 1 saturated heterocycles. The summed E-state index contributed by atoms with van der Waals surface area (Å²) in [4.78, 5) is 15.2. The van der Waals surface area contributed by atoms with Gasteiger partial charge in [0.1, 0.15) is 5.82 Å². The third kappa shape index (κ3) is 2.92. The predicted octanol–water partition coefficient (Wildman–Crippen LogP) is 3.05. The number of carboxylic acid groups (broad SMARTS) is 1. The van der Waals surface area contributed by atoms with Gasteiger partial charge in [-0.15, -0.1) is 0 Å². The van der Waals surface area contributed by atoms with E-state index < -0.39 is 48.4 Å². The van der Waals surface area contributed by atoms with Crippen LogP contribution in [0.3, 0.4) is 0 Å². The van der Waals surface area contributed by atoms with Crippen molar-refractivity contribution < 1.29 is 32.2 Å². The lowest BCUT2D eigenvalue weighted by atomic mass is 9.77. The average Bonchev–Trinajstić information content (AvgIpc) is 2.40. The molecular formula is C14H15F4NO3. The zero-order chi connectivity index (χ0) is 16.7. The van der Waals surface area contributed by atoms with Crippen LogP contribution in [-0.2, 0) is 9.53 Å². The van der Waals surface area contributed by atoms with E-state index in [1.807, 2.05) is 0 Å². The lowest BCUT2D eigenvalue weighted by Gasteiger charge is -2.41. The minimum absolute atomic E-state index is 0.0156. The van der Waals surface area contributed by atoms with E-state index in [9.17, 15) is 27.5 Å². The number of ether oxygens (including phenoxy) is 1. The molecule has 3 unspecified atom stereocenters. The van der Waals surface area contributed by atoms with Crippen molar-refractivity contribution in [3.63, 3.8) is 0 Å². The Balaban J connectivity index is 2.41. The van der Waals surface area contributed by atoms with Crippen LogP contribution >= 0.6 is 0 Å². The molecule has 0 bridgehead atoms. The van der Waals surface area contributed by atoms with Crippen molar-refractivity contribution in [2.75, 3.05) is 6.61 Å². The van der Waals surface area contributed by atoms with E-state index in [1.54, 1.807) is 0 Å². The number of aryl methyl sites for hydroxylation is 1. The van der Waals surface area contributed by atoms with E-state index in [-0.39, 0.29) is 11.4 Å². The van der Waals surface area contributed by atoms with Crippen molar-refractivity contribution >= 4 is 5.97 Å². The van der Waals surface area contributed by atoms with Crippen LogP contribution in [0, 0.1) is 18.7 Å². The minimum Gasteiger partial charge on any atom is -0.481 e. The highest BCUT2D eigenvalue weighted by Gasteiger charge is 2.57. The number of rotatable bonds is 2. The fraction of sp³-hybridized carbons (Fsp3) is 0.571. The Morgan fingerprint density at radius 3 is 2.59 bits per heavy atom. The number of carbonyl (C=O) groups is 1. The number of alkyl halides is 3. The molecular weight excluding hydrogens is 306 g/mol. The molecule has 8 heteroatoms. The van der Waals surface area contributed by atoms with Crippen molar-refractivity contribution in [3.8, 4) is 0 Å². The van der Waals surface area contributed by atoms with Crippen LogP contribution in [0.5, 0.6) is 0 Å². The van der Waals surface area contributed by atoms with E-state index >= 15 is 0 Å². The number of hydrogen-bond donors (Lipinski definition) is 1. The second kappa shape index (κ2) is 5.49. The summed E-state index contributed by atoms with van der Waals surface area (Å²) >= 11 is 0. The van der Waals surface area contributed by atoms with Gasteiger partial charge in [0.2, 0.25) is 0 Å². The van der Waals surface area contributed by atoms with Crippen molar-refractivity contribution in [3.05, 3.63) is 29.3 Å². The summed E-state index contributed by atoms with van der Waals surface area (Å²) in [6, 6.07) is 2.31. The molecule has 0 aromatic carbocycles. The fourth-order valence-electron chi connectivity index (χ4n) is 2.53. The number of halogens is 4. The van der Waals surface area contributed by atoms with Crippen LogP contribution in [0.15, 0.2) is 12.1 Å². The molecule has 4 nitrogen and oxygen atoms in total. The molecule has 0 amide bonds. The van der Waals surface area contributed by atoms with Crippen LogP contribution in [0.4, 0.5) is 17.6 Å². The minimum atomic E-state index is -4.64. The van der Waals surface area contributed by atoms with Gasteiger partial charge < -0.3 is 9.84 Å². The van der Waals surface area contributed by atoms with Crippen LogP contribution in [0.2, 0.25) is 0 Å². The summed E-state index contributed by atoms with van der Waals surface area (Å²) in [5.41, 5.74) is -2.31. The second-order valence-electron chi connectivity index (χ2n) is 5.60. The SMILES string of the molecule is Cc1nc(C2CC(C)(C(F)(F)F)OCC2C(=O)O)ccc1F. The Bertz CT molecular complexity index is 590. The topological polar surface area (TPSA) is 59.4 Å². The van der Waals surface area contributed by atoms with Crippen LogP contribution in [0.1, 0.15) is 30.7 Å². The van der Waals surface area contributed by atoms with E-state index in [0.717, 1.165) is 13.0 Å². The molecule has 22 heavy (non-hydrogen) atoms. The van der Waals surface area contributed by atoms with Gasteiger partial charge in [-0.25, -0.2) is 4.39 Å². The highest BCUT2D eigenvalue weighted by Crippen LogP contribution is 2.46. The highest BCUT2D eigenvalue weighted by atomic mass is 19.4. The van der Waals surface area contributed by atoms with Gasteiger partial charge >= 0.3 is 12.1 Å². The van der Waals surface area contributed by atoms with E-state index in [4.69, 9.17) is 4.74 Å². The van der Waals surface area contributed by atoms with Crippen LogP contribution < -0.4 is 0 Å². The maximum atomic E-state index is 13.3. The number of pyridine rings is 1. The molecule has 0 spiro atoms. The molecule has 1 N–H and O–H groups in total. The third-order valence-electron chi connectivity index (χ3n) is 4.02. The zero-order valence-electron chi connectivity index (χ0n) is 11.9. The maximum Gasteiger partial charge on any atom is 0.417 e. The number of carboxylic acids is 1. The van der Waals surface area contributed by atoms with Crippen molar-refractivity contribution in [2.45, 2.75) is 38.0 Å². The van der Waals surface area contributed by atoms with E-state index in [0.29, 0.717) is 0 Å². The Labute approximate surface area is 124 Å². The number of aliphatic carboxylic acids is 1. The van der Waals surface area contributed by atoms with Gasteiger partial charge in [0.25, 0.3) is 0 Å². The quantitative estimate of drug-likeness (QED) is 0.851. The predicted molar refractivity (Wildman–Crippen MR) is 67.8 cm³/mol. The van der Waals surface area contributed by atoms with Crippen molar-refractivity contribution in [2.24, 2.45) is 5.92 Å². The smallest absolute Gasteiger partial charge is 0.417 e. The first kappa shape index (κ1) is 16.7. The van der Waals surface area contributed by atoms with Gasteiger partial charge in [-0.05, 0) is 32.4 Å². The molecule has 1 aliphatic heterocycles.